The molecule has 1 saturated carbocycles. The first-order valence-corrected chi connectivity index (χ1v) is 5.60. The van der Waals surface area contributed by atoms with Gasteiger partial charge in [-0.1, -0.05) is 12.8 Å². The second-order valence-electron chi connectivity index (χ2n) is 4.28. The van der Waals surface area contributed by atoms with Gasteiger partial charge in [0.2, 0.25) is 0 Å². The summed E-state index contributed by atoms with van der Waals surface area (Å²) in [4.78, 5) is 0. The van der Waals surface area contributed by atoms with E-state index >= 15 is 0 Å². The highest BCUT2D eigenvalue weighted by atomic mass is 16.3. The molecule has 2 nitrogen and oxygen atoms in total. The van der Waals surface area contributed by atoms with E-state index in [9.17, 15) is 0 Å². The lowest BCUT2D eigenvalue weighted by molar-refractivity contribution is 0.483. The fraction of sp³-hybridized carbons (Fsp3) is 0.667. The predicted octanol–water partition coefficient (Wildman–Crippen LogP) is 2.87. The van der Waals surface area contributed by atoms with Crippen LogP contribution in [-0.4, -0.2) is 6.54 Å². The van der Waals surface area contributed by atoms with Crippen LogP contribution in [0.5, 0.6) is 0 Å². The summed E-state index contributed by atoms with van der Waals surface area (Å²) < 4.78 is 5.25. The molecule has 0 radical (unpaired) electrons. The maximum Gasteiger partial charge on any atom is 0.105 e. The molecule has 0 unspecified atom stereocenters. The van der Waals surface area contributed by atoms with E-state index in [1.807, 2.05) is 6.92 Å². The van der Waals surface area contributed by atoms with Crippen LogP contribution < -0.4 is 5.32 Å². The molecule has 1 heterocycles. The highest BCUT2D eigenvalue weighted by Crippen LogP contribution is 2.23. The van der Waals surface area contributed by atoms with Gasteiger partial charge >= 0.3 is 0 Å². The van der Waals surface area contributed by atoms with Crippen LogP contribution in [-0.2, 0) is 6.54 Å². The van der Waals surface area contributed by atoms with Crippen molar-refractivity contribution < 1.29 is 4.42 Å². The topological polar surface area (TPSA) is 25.2 Å². The lowest BCUT2D eigenvalue weighted by atomic mass is 10.1. The number of hydrogen-bond acceptors (Lipinski definition) is 2. The van der Waals surface area contributed by atoms with Crippen LogP contribution in [0.15, 0.2) is 16.7 Å². The molecule has 1 aliphatic rings. The van der Waals surface area contributed by atoms with Gasteiger partial charge in [-0.3, -0.25) is 0 Å². The molecular weight excluding hydrogens is 174 g/mol. The second-order valence-corrected chi connectivity index (χ2v) is 4.28. The number of hydrogen-bond donors (Lipinski definition) is 1. The van der Waals surface area contributed by atoms with Crippen LogP contribution >= 0.6 is 0 Å². The molecule has 0 spiro atoms. The summed E-state index contributed by atoms with van der Waals surface area (Å²) in [6.07, 6.45) is 7.45. The van der Waals surface area contributed by atoms with E-state index < -0.39 is 0 Å². The summed E-state index contributed by atoms with van der Waals surface area (Å²) in [6, 6.07) is 2.05. The normalized spacial score (nSPS) is 17.8. The molecule has 1 aromatic heterocycles. The molecule has 0 amide bonds. The molecule has 0 saturated heterocycles. The summed E-state index contributed by atoms with van der Waals surface area (Å²) in [5, 5.41) is 3.51. The van der Waals surface area contributed by atoms with Crippen molar-refractivity contribution in [3.8, 4) is 0 Å². The molecule has 0 aromatic carbocycles. The molecule has 1 aromatic rings. The van der Waals surface area contributed by atoms with Crippen LogP contribution in [0.4, 0.5) is 0 Å². The van der Waals surface area contributed by atoms with Crippen LogP contribution in [0.25, 0.3) is 0 Å². The number of furan rings is 1. The van der Waals surface area contributed by atoms with E-state index in [1.165, 1.54) is 37.8 Å². The first kappa shape index (κ1) is 9.78. The monoisotopic (exact) mass is 193 g/mol. The van der Waals surface area contributed by atoms with E-state index in [2.05, 4.69) is 11.4 Å². The van der Waals surface area contributed by atoms with Crippen LogP contribution in [0.2, 0.25) is 0 Å². The summed E-state index contributed by atoms with van der Waals surface area (Å²) in [6.45, 7) is 4.15. The van der Waals surface area contributed by atoms with Crippen LogP contribution in [0.3, 0.4) is 0 Å². The van der Waals surface area contributed by atoms with E-state index in [0.717, 1.165) is 18.2 Å². The van der Waals surface area contributed by atoms with Gasteiger partial charge in [0.15, 0.2) is 0 Å². The minimum Gasteiger partial charge on any atom is -0.469 e. The molecule has 1 fully saturated rings. The molecule has 78 valence electrons. The van der Waals surface area contributed by atoms with Crippen molar-refractivity contribution in [3.05, 3.63) is 23.7 Å². The lowest BCUT2D eigenvalue weighted by Crippen LogP contribution is -2.20. The fourth-order valence-electron chi connectivity index (χ4n) is 2.22. The summed E-state index contributed by atoms with van der Waals surface area (Å²) in [7, 11) is 0. The third-order valence-electron chi connectivity index (χ3n) is 3.19. The van der Waals surface area contributed by atoms with Crippen LogP contribution in [0.1, 0.15) is 37.0 Å². The zero-order valence-corrected chi connectivity index (χ0v) is 8.88. The van der Waals surface area contributed by atoms with Gasteiger partial charge in [0.1, 0.15) is 5.76 Å². The Hall–Kier alpha value is -0.760. The van der Waals surface area contributed by atoms with Crippen molar-refractivity contribution in [2.45, 2.75) is 39.2 Å². The average Bonchev–Trinajstić information content (AvgIpc) is 2.78. The van der Waals surface area contributed by atoms with Crippen molar-refractivity contribution in [2.24, 2.45) is 5.92 Å². The third kappa shape index (κ3) is 2.38. The average molecular weight is 193 g/mol. The van der Waals surface area contributed by atoms with E-state index in [4.69, 9.17) is 4.42 Å². The molecule has 1 N–H and O–H groups in total. The quantitative estimate of drug-likeness (QED) is 0.795. The predicted molar refractivity (Wildman–Crippen MR) is 57.1 cm³/mol. The Morgan fingerprint density at radius 1 is 1.43 bits per heavy atom. The van der Waals surface area contributed by atoms with Gasteiger partial charge < -0.3 is 9.73 Å². The van der Waals surface area contributed by atoms with Crippen molar-refractivity contribution in [1.29, 1.82) is 0 Å². The number of aryl methyl sites for hydroxylation is 1. The van der Waals surface area contributed by atoms with Crippen molar-refractivity contribution in [1.82, 2.24) is 5.32 Å². The van der Waals surface area contributed by atoms with Gasteiger partial charge in [-0.2, -0.15) is 0 Å². The highest BCUT2D eigenvalue weighted by molar-refractivity contribution is 5.14. The molecule has 0 aliphatic heterocycles. The van der Waals surface area contributed by atoms with Gasteiger partial charge in [-0.05, 0) is 38.3 Å². The Balaban J connectivity index is 1.70. The second kappa shape index (κ2) is 4.65. The fourth-order valence-corrected chi connectivity index (χ4v) is 2.22. The Morgan fingerprint density at radius 3 is 2.86 bits per heavy atom. The molecule has 0 atom stereocenters. The van der Waals surface area contributed by atoms with E-state index in [1.54, 1.807) is 6.26 Å². The molecular formula is C12H19NO. The summed E-state index contributed by atoms with van der Waals surface area (Å²) in [5.41, 5.74) is 1.29. The smallest absolute Gasteiger partial charge is 0.105 e. The molecule has 2 heteroatoms. The summed E-state index contributed by atoms with van der Waals surface area (Å²) >= 11 is 0. The third-order valence-corrected chi connectivity index (χ3v) is 3.19. The molecule has 14 heavy (non-hydrogen) atoms. The van der Waals surface area contributed by atoms with Gasteiger partial charge in [-0.25, -0.2) is 0 Å². The highest BCUT2D eigenvalue weighted by Gasteiger charge is 2.14. The SMILES string of the molecule is Cc1occc1CNCC1CCCC1. The van der Waals surface area contributed by atoms with Crippen molar-refractivity contribution in [2.75, 3.05) is 6.54 Å². The first-order valence-electron chi connectivity index (χ1n) is 5.60. The zero-order chi connectivity index (χ0) is 9.80. The Kier molecular flexibility index (Phi) is 3.25. The lowest BCUT2D eigenvalue weighted by Gasteiger charge is -2.09. The Labute approximate surface area is 85.7 Å². The zero-order valence-electron chi connectivity index (χ0n) is 8.88. The van der Waals surface area contributed by atoms with Gasteiger partial charge in [-0.15, -0.1) is 0 Å². The maximum atomic E-state index is 5.25. The number of rotatable bonds is 4. The maximum absolute atomic E-state index is 5.25. The van der Waals surface area contributed by atoms with Gasteiger partial charge in [0.25, 0.3) is 0 Å². The van der Waals surface area contributed by atoms with Crippen molar-refractivity contribution in [3.63, 3.8) is 0 Å². The first-order chi connectivity index (χ1) is 6.86. The van der Waals surface area contributed by atoms with E-state index in [-0.39, 0.29) is 0 Å². The minimum atomic E-state index is 0.919. The molecule has 1 aliphatic carbocycles. The van der Waals surface area contributed by atoms with Crippen molar-refractivity contribution >= 4 is 0 Å². The Bertz CT molecular complexity index is 274. The summed E-state index contributed by atoms with van der Waals surface area (Å²) in [5.74, 6) is 1.96. The van der Waals surface area contributed by atoms with Gasteiger partial charge in [0.05, 0.1) is 6.26 Å². The van der Waals surface area contributed by atoms with E-state index in [0.29, 0.717) is 0 Å². The molecule has 0 bridgehead atoms. The molecule has 2 rings (SSSR count). The minimum absolute atomic E-state index is 0.919. The van der Waals surface area contributed by atoms with Gasteiger partial charge in [0, 0.05) is 12.1 Å². The van der Waals surface area contributed by atoms with Crippen LogP contribution in [0, 0.1) is 12.8 Å². The number of nitrogens with one attached hydrogen (secondary N) is 1. The largest absolute Gasteiger partial charge is 0.469 e. The Morgan fingerprint density at radius 2 is 2.21 bits per heavy atom. The standard InChI is InChI=1S/C12H19NO/c1-10-12(6-7-14-10)9-13-8-11-4-2-3-5-11/h6-7,11,13H,2-5,8-9H2,1H3.